The summed E-state index contributed by atoms with van der Waals surface area (Å²) >= 11 is 3.19. The van der Waals surface area contributed by atoms with Gasteiger partial charge in [-0.25, -0.2) is 4.98 Å². The van der Waals surface area contributed by atoms with Crippen molar-refractivity contribution in [2.24, 2.45) is 0 Å². The molecule has 2 aromatic heterocycles. The van der Waals surface area contributed by atoms with Crippen molar-refractivity contribution in [3.05, 3.63) is 69.1 Å². The number of hydrogen-bond acceptors (Lipinski definition) is 5. The fourth-order valence-corrected chi connectivity index (χ4v) is 3.60. The van der Waals surface area contributed by atoms with Gasteiger partial charge >= 0.3 is 0 Å². The lowest BCUT2D eigenvalue weighted by atomic mass is 10.2. The molecule has 0 bridgehead atoms. The van der Waals surface area contributed by atoms with E-state index in [-0.39, 0.29) is 12.2 Å². The van der Waals surface area contributed by atoms with Crippen LogP contribution in [0.4, 0.5) is 0 Å². The molecule has 2 heterocycles. The van der Waals surface area contributed by atoms with Crippen LogP contribution in [0.15, 0.2) is 46.7 Å². The van der Waals surface area contributed by atoms with Gasteiger partial charge in [-0.15, -0.1) is 11.3 Å². The molecule has 0 unspecified atom stereocenters. The number of thiazole rings is 1. The van der Waals surface area contributed by atoms with Crippen LogP contribution in [-0.4, -0.2) is 14.5 Å². The standard InChI is InChI=1S/C15H14N2O2S2/c18-8-11-1-3-12(4-2-11)9-20-10-13-7-14(19)17-5-6-21-15(17)16-13/h1-7,18H,8-10H2. The third kappa shape index (κ3) is 3.34. The first kappa shape index (κ1) is 14.3. The molecule has 0 aliphatic carbocycles. The van der Waals surface area contributed by atoms with Crippen LogP contribution in [0.1, 0.15) is 16.8 Å². The maximum Gasteiger partial charge on any atom is 0.258 e. The SMILES string of the molecule is O=c1cc(CSCc2ccc(CO)cc2)nc2sccn12. The normalized spacial score (nSPS) is 11.1. The number of hydrogen-bond donors (Lipinski definition) is 1. The van der Waals surface area contributed by atoms with E-state index < -0.39 is 0 Å². The first-order chi connectivity index (χ1) is 10.3. The van der Waals surface area contributed by atoms with Crippen molar-refractivity contribution in [3.8, 4) is 0 Å². The Hall–Kier alpha value is -1.63. The molecule has 4 nitrogen and oxygen atoms in total. The number of benzene rings is 1. The molecule has 0 radical (unpaired) electrons. The molecule has 0 saturated heterocycles. The molecule has 108 valence electrons. The lowest BCUT2D eigenvalue weighted by Crippen LogP contribution is -2.12. The van der Waals surface area contributed by atoms with E-state index in [1.807, 2.05) is 29.6 Å². The van der Waals surface area contributed by atoms with Gasteiger partial charge in [-0.05, 0) is 11.1 Å². The van der Waals surface area contributed by atoms with Crippen molar-refractivity contribution in [2.45, 2.75) is 18.1 Å². The molecular formula is C15H14N2O2S2. The lowest BCUT2D eigenvalue weighted by molar-refractivity contribution is 0.282. The average Bonchev–Trinajstić information content (AvgIpc) is 2.97. The fourth-order valence-electron chi connectivity index (χ4n) is 1.98. The van der Waals surface area contributed by atoms with Crippen LogP contribution in [0.2, 0.25) is 0 Å². The minimum Gasteiger partial charge on any atom is -0.392 e. The van der Waals surface area contributed by atoms with Crippen molar-refractivity contribution in [3.63, 3.8) is 0 Å². The Morgan fingerprint density at radius 1 is 1.19 bits per heavy atom. The van der Waals surface area contributed by atoms with Crippen molar-refractivity contribution in [2.75, 3.05) is 0 Å². The van der Waals surface area contributed by atoms with Crippen LogP contribution in [0.3, 0.4) is 0 Å². The molecule has 0 aliphatic rings. The molecule has 0 saturated carbocycles. The Balaban J connectivity index is 1.64. The molecule has 0 spiro atoms. The molecule has 0 amide bonds. The summed E-state index contributed by atoms with van der Waals surface area (Å²) in [6.07, 6.45) is 1.75. The zero-order valence-electron chi connectivity index (χ0n) is 11.2. The number of thioether (sulfide) groups is 1. The second-order valence-corrected chi connectivity index (χ2v) is 6.47. The van der Waals surface area contributed by atoms with Gasteiger partial charge in [0.2, 0.25) is 0 Å². The molecule has 1 aromatic carbocycles. The van der Waals surface area contributed by atoms with Crippen LogP contribution >= 0.6 is 23.1 Å². The number of aromatic nitrogens is 2. The molecule has 1 N–H and O–H groups in total. The van der Waals surface area contributed by atoms with Crippen molar-refractivity contribution in [1.82, 2.24) is 9.38 Å². The van der Waals surface area contributed by atoms with Crippen LogP contribution < -0.4 is 5.56 Å². The Morgan fingerprint density at radius 2 is 1.95 bits per heavy atom. The maximum atomic E-state index is 11.9. The summed E-state index contributed by atoms with van der Waals surface area (Å²) in [5.41, 5.74) is 2.91. The van der Waals surface area contributed by atoms with E-state index in [0.717, 1.165) is 22.0 Å². The summed E-state index contributed by atoms with van der Waals surface area (Å²) in [4.78, 5) is 17.1. The second kappa shape index (κ2) is 6.43. The number of fused-ring (bicyclic) bond motifs is 1. The van der Waals surface area contributed by atoms with Gasteiger partial charge in [0, 0.05) is 29.1 Å². The number of aliphatic hydroxyl groups excluding tert-OH is 1. The van der Waals surface area contributed by atoms with Crippen LogP contribution in [0.5, 0.6) is 0 Å². The molecule has 0 atom stereocenters. The highest BCUT2D eigenvalue weighted by molar-refractivity contribution is 7.97. The third-order valence-electron chi connectivity index (χ3n) is 3.08. The number of aliphatic hydroxyl groups is 1. The Kier molecular flexibility index (Phi) is 4.38. The fraction of sp³-hybridized carbons (Fsp3) is 0.200. The van der Waals surface area contributed by atoms with E-state index in [0.29, 0.717) is 5.75 Å². The van der Waals surface area contributed by atoms with E-state index in [9.17, 15) is 4.79 Å². The van der Waals surface area contributed by atoms with Gasteiger partial charge in [0.15, 0.2) is 4.96 Å². The second-order valence-electron chi connectivity index (χ2n) is 4.61. The molecule has 6 heteroatoms. The lowest BCUT2D eigenvalue weighted by Gasteiger charge is -2.03. The monoisotopic (exact) mass is 318 g/mol. The predicted octanol–water partition coefficient (Wildman–Crippen LogP) is 2.68. The van der Waals surface area contributed by atoms with Gasteiger partial charge in [-0.1, -0.05) is 24.3 Å². The largest absolute Gasteiger partial charge is 0.392 e. The highest BCUT2D eigenvalue weighted by Gasteiger charge is 2.03. The van der Waals surface area contributed by atoms with Crippen molar-refractivity contribution < 1.29 is 5.11 Å². The molecule has 0 aliphatic heterocycles. The number of nitrogens with zero attached hydrogens (tertiary/aromatic N) is 2. The summed E-state index contributed by atoms with van der Waals surface area (Å²) in [5.74, 6) is 1.57. The van der Waals surface area contributed by atoms with Gasteiger partial charge in [-0.2, -0.15) is 11.8 Å². The average molecular weight is 318 g/mol. The summed E-state index contributed by atoms with van der Waals surface area (Å²) in [6, 6.07) is 9.49. The summed E-state index contributed by atoms with van der Waals surface area (Å²) < 4.78 is 1.56. The van der Waals surface area contributed by atoms with E-state index in [1.54, 1.807) is 28.4 Å². The van der Waals surface area contributed by atoms with E-state index in [4.69, 9.17) is 5.11 Å². The minimum atomic E-state index is -0.0239. The Morgan fingerprint density at radius 3 is 2.71 bits per heavy atom. The van der Waals surface area contributed by atoms with Gasteiger partial charge in [0.1, 0.15) is 0 Å². The van der Waals surface area contributed by atoms with E-state index >= 15 is 0 Å². The maximum absolute atomic E-state index is 11.9. The zero-order chi connectivity index (χ0) is 14.7. The minimum absolute atomic E-state index is 0.0239. The van der Waals surface area contributed by atoms with Crippen LogP contribution in [0, 0.1) is 0 Å². The van der Waals surface area contributed by atoms with Crippen LogP contribution in [0.25, 0.3) is 4.96 Å². The quantitative estimate of drug-likeness (QED) is 0.786. The van der Waals surface area contributed by atoms with E-state index in [2.05, 4.69) is 4.98 Å². The smallest absolute Gasteiger partial charge is 0.258 e. The Bertz CT molecular complexity index is 793. The topological polar surface area (TPSA) is 54.6 Å². The van der Waals surface area contributed by atoms with Gasteiger partial charge < -0.3 is 5.11 Å². The third-order valence-corrected chi connectivity index (χ3v) is 4.87. The molecule has 21 heavy (non-hydrogen) atoms. The molecule has 3 rings (SSSR count). The first-order valence-electron chi connectivity index (χ1n) is 6.48. The van der Waals surface area contributed by atoms with Gasteiger partial charge in [0.25, 0.3) is 5.56 Å². The zero-order valence-corrected chi connectivity index (χ0v) is 12.9. The van der Waals surface area contributed by atoms with Crippen molar-refractivity contribution >= 4 is 28.1 Å². The molecular weight excluding hydrogens is 304 g/mol. The summed E-state index contributed by atoms with van der Waals surface area (Å²) in [6.45, 7) is 0.0715. The predicted molar refractivity (Wildman–Crippen MR) is 86.7 cm³/mol. The highest BCUT2D eigenvalue weighted by Crippen LogP contribution is 2.18. The van der Waals surface area contributed by atoms with E-state index in [1.165, 1.54) is 16.9 Å². The first-order valence-corrected chi connectivity index (χ1v) is 8.52. The van der Waals surface area contributed by atoms with Gasteiger partial charge in [0.05, 0.1) is 12.3 Å². The molecule has 3 aromatic rings. The van der Waals surface area contributed by atoms with Crippen molar-refractivity contribution in [1.29, 1.82) is 0 Å². The van der Waals surface area contributed by atoms with Crippen LogP contribution in [-0.2, 0) is 18.1 Å². The molecule has 0 fully saturated rings. The number of rotatable bonds is 5. The summed E-state index contributed by atoms with van der Waals surface area (Å²) in [5, 5.41) is 10.9. The summed E-state index contributed by atoms with van der Waals surface area (Å²) in [7, 11) is 0. The van der Waals surface area contributed by atoms with Gasteiger partial charge in [-0.3, -0.25) is 9.20 Å². The Labute approximate surface area is 130 Å². The highest BCUT2D eigenvalue weighted by atomic mass is 32.2.